The number of furan rings is 1. The van der Waals surface area contributed by atoms with Gasteiger partial charge in [-0.05, 0) is 42.8 Å². The Balaban J connectivity index is 1.60. The number of hydrogen-bond acceptors (Lipinski definition) is 6. The molecule has 0 fully saturated rings. The minimum absolute atomic E-state index is 0.150. The van der Waals surface area contributed by atoms with E-state index in [1.165, 1.54) is 6.07 Å². The Labute approximate surface area is 152 Å². The number of fused-ring (bicyclic) bond motifs is 1. The molecule has 2 aromatic carbocycles. The number of carbonyl (C=O) groups is 1. The van der Waals surface area contributed by atoms with Gasteiger partial charge < -0.3 is 14.2 Å². The molecule has 27 heavy (non-hydrogen) atoms. The second-order valence-electron chi connectivity index (χ2n) is 5.87. The van der Waals surface area contributed by atoms with E-state index in [9.17, 15) is 14.9 Å². The van der Waals surface area contributed by atoms with Crippen LogP contribution in [0, 0.1) is 17.0 Å². The zero-order chi connectivity index (χ0) is 19.0. The smallest absolute Gasteiger partial charge is 0.433 e. The summed E-state index contributed by atoms with van der Waals surface area (Å²) in [5, 5.41) is 13.3. The zero-order valence-electron chi connectivity index (χ0n) is 14.1. The van der Waals surface area contributed by atoms with Crippen LogP contribution in [0.4, 0.5) is 11.6 Å². The molecule has 0 radical (unpaired) electrons. The minimum atomic E-state index is -0.703. The Morgan fingerprint density at radius 1 is 1.11 bits per heavy atom. The number of rotatable bonds is 4. The maximum atomic E-state index is 12.2. The lowest BCUT2D eigenvalue weighted by Gasteiger charge is -2.01. The van der Waals surface area contributed by atoms with Crippen LogP contribution in [-0.4, -0.2) is 15.8 Å². The van der Waals surface area contributed by atoms with Crippen molar-refractivity contribution in [3.63, 3.8) is 0 Å². The van der Waals surface area contributed by atoms with Crippen LogP contribution in [0.1, 0.15) is 16.1 Å². The molecule has 0 aliphatic rings. The van der Waals surface area contributed by atoms with Gasteiger partial charge in [-0.1, -0.05) is 18.2 Å². The first-order chi connectivity index (χ1) is 13.0. The first-order valence-electron chi connectivity index (χ1n) is 8.03. The van der Waals surface area contributed by atoms with Crippen molar-refractivity contribution < 1.29 is 18.6 Å². The first kappa shape index (κ1) is 16.5. The summed E-state index contributed by atoms with van der Waals surface area (Å²) < 4.78 is 10.7. The summed E-state index contributed by atoms with van der Waals surface area (Å²) >= 11 is 0. The van der Waals surface area contributed by atoms with E-state index in [0.717, 1.165) is 17.2 Å². The highest BCUT2D eigenvalue weighted by atomic mass is 16.6. The molecule has 1 N–H and O–H groups in total. The van der Waals surface area contributed by atoms with E-state index in [0.29, 0.717) is 22.7 Å². The van der Waals surface area contributed by atoms with E-state index < -0.39 is 16.7 Å². The van der Waals surface area contributed by atoms with Crippen LogP contribution in [0.5, 0.6) is 0 Å². The van der Waals surface area contributed by atoms with Crippen molar-refractivity contribution in [2.24, 2.45) is 0 Å². The van der Waals surface area contributed by atoms with Gasteiger partial charge in [-0.3, -0.25) is 14.9 Å². The van der Waals surface area contributed by atoms with Gasteiger partial charge in [0.25, 0.3) is 5.91 Å². The number of benzene rings is 2. The van der Waals surface area contributed by atoms with Gasteiger partial charge in [0.1, 0.15) is 10.4 Å². The van der Waals surface area contributed by atoms with Gasteiger partial charge in [-0.2, -0.15) is 0 Å². The molecule has 4 rings (SSSR count). The highest BCUT2D eigenvalue weighted by Gasteiger charge is 2.18. The van der Waals surface area contributed by atoms with Gasteiger partial charge >= 0.3 is 5.88 Å². The molecule has 0 unspecified atom stereocenters. The Hall–Kier alpha value is -3.94. The number of aromatic nitrogens is 1. The summed E-state index contributed by atoms with van der Waals surface area (Å²) in [6.45, 7) is 1.97. The average molecular weight is 363 g/mol. The van der Waals surface area contributed by atoms with E-state index in [-0.39, 0.29) is 5.76 Å². The third kappa shape index (κ3) is 3.15. The molecule has 0 aliphatic heterocycles. The second-order valence-corrected chi connectivity index (χ2v) is 5.87. The zero-order valence-corrected chi connectivity index (χ0v) is 14.1. The van der Waals surface area contributed by atoms with Crippen molar-refractivity contribution in [3.05, 3.63) is 76.0 Å². The number of aryl methyl sites for hydroxylation is 1. The fraction of sp³-hybridized carbons (Fsp3) is 0.0526. The number of oxazole rings is 1. The molecule has 2 heterocycles. The Morgan fingerprint density at radius 2 is 1.93 bits per heavy atom. The number of carbonyl (C=O) groups excluding carboxylic acids is 1. The number of nitrogens with zero attached hydrogens (tertiary/aromatic N) is 2. The summed E-state index contributed by atoms with van der Waals surface area (Å²) in [6, 6.07) is 15.1. The van der Waals surface area contributed by atoms with Crippen LogP contribution in [0.15, 0.2) is 63.4 Å². The third-order valence-corrected chi connectivity index (χ3v) is 4.02. The molecular formula is C19H13N3O5. The molecule has 0 atom stereocenters. The monoisotopic (exact) mass is 363 g/mol. The predicted octanol–water partition coefficient (Wildman–Crippen LogP) is 4.56. The maximum Gasteiger partial charge on any atom is 0.433 e. The summed E-state index contributed by atoms with van der Waals surface area (Å²) in [5.74, 6) is -0.740. The molecule has 0 saturated heterocycles. The number of amides is 1. The van der Waals surface area contributed by atoms with Crippen LogP contribution in [0.2, 0.25) is 0 Å². The number of nitro groups is 1. The van der Waals surface area contributed by atoms with E-state index in [4.69, 9.17) is 8.83 Å². The van der Waals surface area contributed by atoms with Crippen LogP contribution in [0.25, 0.3) is 22.6 Å². The lowest BCUT2D eigenvalue weighted by molar-refractivity contribution is -0.402. The van der Waals surface area contributed by atoms with Crippen molar-refractivity contribution >= 4 is 28.6 Å². The van der Waals surface area contributed by atoms with Gasteiger partial charge in [0.05, 0.1) is 6.07 Å². The van der Waals surface area contributed by atoms with E-state index in [1.54, 1.807) is 18.2 Å². The van der Waals surface area contributed by atoms with Crippen molar-refractivity contribution in [2.45, 2.75) is 6.92 Å². The standard InChI is InChI=1S/C19H13N3O5/c1-11-4-2-3-5-13(11)19-21-14-10-12(6-7-15(14)27-19)20-18(23)16-8-9-17(26-16)22(24)25/h2-10H,1H3,(H,20,23). The Kier molecular flexibility index (Phi) is 3.92. The molecule has 4 aromatic rings. The highest BCUT2D eigenvalue weighted by molar-refractivity contribution is 6.03. The Morgan fingerprint density at radius 3 is 2.67 bits per heavy atom. The topological polar surface area (TPSA) is 111 Å². The average Bonchev–Trinajstić information content (AvgIpc) is 3.29. The van der Waals surface area contributed by atoms with Gasteiger partial charge in [-0.25, -0.2) is 4.98 Å². The van der Waals surface area contributed by atoms with Crippen molar-refractivity contribution in [1.82, 2.24) is 4.98 Å². The van der Waals surface area contributed by atoms with Crippen molar-refractivity contribution in [2.75, 3.05) is 5.32 Å². The summed E-state index contributed by atoms with van der Waals surface area (Å²) in [7, 11) is 0. The molecule has 0 spiro atoms. The molecular weight excluding hydrogens is 350 g/mol. The van der Waals surface area contributed by atoms with E-state index >= 15 is 0 Å². The molecule has 0 saturated carbocycles. The third-order valence-electron chi connectivity index (χ3n) is 4.02. The minimum Gasteiger partial charge on any atom is -0.436 e. The van der Waals surface area contributed by atoms with Crippen LogP contribution >= 0.6 is 0 Å². The number of nitrogens with one attached hydrogen (secondary N) is 1. The van der Waals surface area contributed by atoms with Crippen molar-refractivity contribution in [1.29, 1.82) is 0 Å². The van der Waals surface area contributed by atoms with Crippen LogP contribution < -0.4 is 5.32 Å². The molecule has 0 bridgehead atoms. The molecule has 1 amide bonds. The largest absolute Gasteiger partial charge is 0.436 e. The fourth-order valence-corrected chi connectivity index (χ4v) is 2.67. The lowest BCUT2D eigenvalue weighted by atomic mass is 10.1. The lowest BCUT2D eigenvalue weighted by Crippen LogP contribution is -2.10. The summed E-state index contributed by atoms with van der Waals surface area (Å²) in [4.78, 5) is 26.6. The quantitative estimate of drug-likeness (QED) is 0.420. The van der Waals surface area contributed by atoms with Crippen LogP contribution in [0.3, 0.4) is 0 Å². The fourth-order valence-electron chi connectivity index (χ4n) is 2.67. The highest BCUT2D eigenvalue weighted by Crippen LogP contribution is 2.28. The van der Waals surface area contributed by atoms with Crippen molar-refractivity contribution in [3.8, 4) is 11.5 Å². The van der Waals surface area contributed by atoms with Gasteiger partial charge in [0.15, 0.2) is 11.3 Å². The number of anilines is 1. The van der Waals surface area contributed by atoms with E-state index in [2.05, 4.69) is 10.3 Å². The molecule has 2 aromatic heterocycles. The first-order valence-corrected chi connectivity index (χ1v) is 8.03. The summed E-state index contributed by atoms with van der Waals surface area (Å²) in [5.41, 5.74) is 3.56. The van der Waals surface area contributed by atoms with Crippen LogP contribution in [-0.2, 0) is 0 Å². The maximum absolute atomic E-state index is 12.2. The number of hydrogen-bond donors (Lipinski definition) is 1. The molecule has 134 valence electrons. The van der Waals surface area contributed by atoms with Gasteiger partial charge in [0.2, 0.25) is 5.89 Å². The SMILES string of the molecule is Cc1ccccc1-c1nc2cc(NC(=O)c3ccc([N+](=O)[O-])o3)ccc2o1. The molecule has 0 aliphatic carbocycles. The second kappa shape index (κ2) is 6.41. The van der Waals surface area contributed by atoms with Gasteiger partial charge in [0, 0.05) is 11.3 Å². The molecule has 8 heteroatoms. The predicted molar refractivity (Wildman–Crippen MR) is 97.5 cm³/mol. The normalized spacial score (nSPS) is 10.9. The molecule has 8 nitrogen and oxygen atoms in total. The Bertz CT molecular complexity index is 1180. The summed E-state index contributed by atoms with van der Waals surface area (Å²) in [6.07, 6.45) is 0. The van der Waals surface area contributed by atoms with Gasteiger partial charge in [-0.15, -0.1) is 0 Å². The van der Waals surface area contributed by atoms with E-state index in [1.807, 2.05) is 31.2 Å².